The van der Waals surface area contributed by atoms with Crippen molar-refractivity contribution in [3.8, 4) is 0 Å². The number of aryl methyl sites for hydroxylation is 1. The molecule has 1 aliphatic rings. The number of carbonyl (C=O) groups is 2. The zero-order valence-corrected chi connectivity index (χ0v) is 20.8. The van der Waals surface area contributed by atoms with E-state index in [4.69, 9.17) is 11.6 Å². The maximum absolute atomic E-state index is 12.8. The number of halogens is 1. The van der Waals surface area contributed by atoms with Gasteiger partial charge in [-0.25, -0.2) is 0 Å². The Labute approximate surface area is 201 Å². The Kier molecular flexibility index (Phi) is 8.69. The minimum absolute atomic E-state index is 0.0117. The van der Waals surface area contributed by atoms with E-state index in [9.17, 15) is 9.59 Å². The molecule has 0 saturated carbocycles. The van der Waals surface area contributed by atoms with E-state index in [2.05, 4.69) is 10.00 Å². The summed E-state index contributed by atoms with van der Waals surface area (Å²) in [7, 11) is 0. The van der Waals surface area contributed by atoms with Gasteiger partial charge in [-0.2, -0.15) is 5.10 Å². The summed E-state index contributed by atoms with van der Waals surface area (Å²) >= 11 is 6.30. The van der Waals surface area contributed by atoms with Gasteiger partial charge in [0.1, 0.15) is 0 Å². The fourth-order valence-corrected chi connectivity index (χ4v) is 4.34. The van der Waals surface area contributed by atoms with Crippen molar-refractivity contribution in [2.75, 3.05) is 45.8 Å². The summed E-state index contributed by atoms with van der Waals surface area (Å²) in [5, 5.41) is 5.36. The molecule has 2 amide bonds. The summed E-state index contributed by atoms with van der Waals surface area (Å²) in [4.78, 5) is 30.9. The fraction of sp³-hybridized carbons (Fsp3) is 0.480. The van der Waals surface area contributed by atoms with E-state index in [0.717, 1.165) is 40.6 Å². The molecule has 1 aromatic carbocycles. The molecule has 2 aromatic rings. The van der Waals surface area contributed by atoms with Gasteiger partial charge in [-0.15, -0.1) is 0 Å². The van der Waals surface area contributed by atoms with E-state index < -0.39 is 0 Å². The Bertz CT molecular complexity index is 1000. The van der Waals surface area contributed by atoms with E-state index in [-0.39, 0.29) is 11.8 Å². The largest absolute Gasteiger partial charge is 0.342 e. The number of nitrogens with zero attached hydrogens (tertiary/aromatic N) is 5. The van der Waals surface area contributed by atoms with Crippen LogP contribution < -0.4 is 0 Å². The second kappa shape index (κ2) is 11.5. The van der Waals surface area contributed by atoms with Crippen LogP contribution in [-0.4, -0.2) is 82.1 Å². The Balaban J connectivity index is 1.57. The van der Waals surface area contributed by atoms with Gasteiger partial charge in [-0.3, -0.25) is 19.2 Å². The van der Waals surface area contributed by atoms with Crippen molar-refractivity contribution < 1.29 is 9.59 Å². The summed E-state index contributed by atoms with van der Waals surface area (Å²) in [5.41, 5.74) is 3.84. The first-order valence-corrected chi connectivity index (χ1v) is 12.0. The summed E-state index contributed by atoms with van der Waals surface area (Å²) in [6, 6.07) is 7.75. The Morgan fingerprint density at radius 2 is 1.76 bits per heavy atom. The van der Waals surface area contributed by atoms with E-state index in [1.807, 2.05) is 72.5 Å². The smallest absolute Gasteiger partial charge is 0.246 e. The molecule has 1 fully saturated rings. The van der Waals surface area contributed by atoms with Crippen LogP contribution in [-0.2, 0) is 16.1 Å². The average molecular weight is 472 g/mol. The molecule has 8 heteroatoms. The van der Waals surface area contributed by atoms with Gasteiger partial charge in [-0.05, 0) is 45.4 Å². The summed E-state index contributed by atoms with van der Waals surface area (Å²) in [6.07, 6.45) is 3.49. The standard InChI is InChI=1S/C25H34ClN5O2/c1-5-29(6-2)25(33)18-28-13-15-30(16-14-28)24(32)12-11-22-19(3)27-31(20(22)4)17-21-9-7-8-10-23(21)26/h7-12H,5-6,13-18H2,1-4H3/b12-11+. The molecule has 1 aliphatic heterocycles. The lowest BCUT2D eigenvalue weighted by molar-refractivity contribution is -0.133. The molecule has 0 bridgehead atoms. The molecule has 0 radical (unpaired) electrons. The number of aromatic nitrogens is 2. The van der Waals surface area contributed by atoms with Crippen molar-refractivity contribution in [1.82, 2.24) is 24.5 Å². The molecular weight excluding hydrogens is 438 g/mol. The van der Waals surface area contributed by atoms with Crippen molar-refractivity contribution in [1.29, 1.82) is 0 Å². The number of piperazine rings is 1. The third-order valence-corrected chi connectivity index (χ3v) is 6.64. The molecule has 2 heterocycles. The molecule has 0 aliphatic carbocycles. The first kappa shape index (κ1) is 25.0. The minimum atomic E-state index is -0.0117. The van der Waals surface area contributed by atoms with Gasteiger partial charge in [0.25, 0.3) is 0 Å². The molecule has 0 atom stereocenters. The van der Waals surface area contributed by atoms with E-state index in [1.54, 1.807) is 6.08 Å². The number of hydrogen-bond acceptors (Lipinski definition) is 4. The molecule has 178 valence electrons. The van der Waals surface area contributed by atoms with Crippen LogP contribution in [0.25, 0.3) is 6.08 Å². The van der Waals surface area contributed by atoms with Crippen molar-refractivity contribution in [2.45, 2.75) is 34.2 Å². The van der Waals surface area contributed by atoms with Gasteiger partial charge >= 0.3 is 0 Å². The van der Waals surface area contributed by atoms with E-state index in [1.165, 1.54) is 0 Å². The third kappa shape index (κ3) is 6.24. The van der Waals surface area contributed by atoms with Crippen LogP contribution >= 0.6 is 11.6 Å². The summed E-state index contributed by atoms with van der Waals surface area (Å²) in [6.45, 7) is 13.1. The zero-order chi connectivity index (χ0) is 24.0. The predicted molar refractivity (Wildman–Crippen MR) is 132 cm³/mol. The lowest BCUT2D eigenvalue weighted by Gasteiger charge is -2.34. The predicted octanol–water partition coefficient (Wildman–Crippen LogP) is 3.23. The monoisotopic (exact) mass is 471 g/mol. The van der Waals surface area contributed by atoms with Gasteiger partial charge < -0.3 is 9.80 Å². The van der Waals surface area contributed by atoms with Crippen molar-refractivity contribution in [2.24, 2.45) is 0 Å². The molecular formula is C25H34ClN5O2. The second-order valence-corrected chi connectivity index (χ2v) is 8.74. The molecule has 1 aromatic heterocycles. The van der Waals surface area contributed by atoms with Crippen molar-refractivity contribution in [3.05, 3.63) is 57.9 Å². The first-order valence-electron chi connectivity index (χ1n) is 11.6. The zero-order valence-electron chi connectivity index (χ0n) is 20.1. The molecule has 1 saturated heterocycles. The number of rotatable bonds is 8. The molecule has 3 rings (SSSR count). The van der Waals surface area contributed by atoms with E-state index in [0.29, 0.717) is 39.3 Å². The van der Waals surface area contributed by atoms with Crippen LogP contribution in [0.3, 0.4) is 0 Å². The first-order chi connectivity index (χ1) is 15.8. The maximum Gasteiger partial charge on any atom is 0.246 e. The highest BCUT2D eigenvalue weighted by molar-refractivity contribution is 6.31. The average Bonchev–Trinajstić information content (AvgIpc) is 3.07. The highest BCUT2D eigenvalue weighted by Gasteiger charge is 2.22. The molecule has 0 unspecified atom stereocenters. The second-order valence-electron chi connectivity index (χ2n) is 8.33. The van der Waals surface area contributed by atoms with Gasteiger partial charge in [0.05, 0.1) is 18.8 Å². The normalized spacial score (nSPS) is 14.8. The summed E-state index contributed by atoms with van der Waals surface area (Å²) in [5.74, 6) is 0.141. The van der Waals surface area contributed by atoms with Crippen LogP contribution in [0.4, 0.5) is 0 Å². The Morgan fingerprint density at radius 1 is 1.09 bits per heavy atom. The Hall–Kier alpha value is -2.64. The molecule has 33 heavy (non-hydrogen) atoms. The number of benzene rings is 1. The fourth-order valence-electron chi connectivity index (χ4n) is 4.15. The molecule has 0 N–H and O–H groups in total. The van der Waals surface area contributed by atoms with Crippen LogP contribution in [0.15, 0.2) is 30.3 Å². The van der Waals surface area contributed by atoms with Crippen LogP contribution in [0, 0.1) is 13.8 Å². The van der Waals surface area contributed by atoms with E-state index >= 15 is 0 Å². The topological polar surface area (TPSA) is 61.7 Å². The van der Waals surface area contributed by atoms with Crippen LogP contribution in [0.1, 0.15) is 36.4 Å². The van der Waals surface area contributed by atoms with Crippen LogP contribution in [0.5, 0.6) is 0 Å². The van der Waals surface area contributed by atoms with Crippen molar-refractivity contribution in [3.63, 3.8) is 0 Å². The maximum atomic E-state index is 12.8. The number of likely N-dealkylation sites (N-methyl/N-ethyl adjacent to an activating group) is 1. The lowest BCUT2D eigenvalue weighted by atomic mass is 10.1. The minimum Gasteiger partial charge on any atom is -0.342 e. The lowest BCUT2D eigenvalue weighted by Crippen LogP contribution is -2.51. The van der Waals surface area contributed by atoms with Gasteiger partial charge in [0, 0.05) is 61.6 Å². The van der Waals surface area contributed by atoms with Gasteiger partial charge in [0.15, 0.2) is 0 Å². The number of amides is 2. The SMILES string of the molecule is CCN(CC)C(=O)CN1CCN(C(=O)/C=C/c2c(C)nn(Cc3ccccc3Cl)c2C)CC1. The quantitative estimate of drug-likeness (QED) is 0.554. The third-order valence-electron chi connectivity index (χ3n) is 6.27. The van der Waals surface area contributed by atoms with Crippen molar-refractivity contribution >= 4 is 29.5 Å². The highest BCUT2D eigenvalue weighted by atomic mass is 35.5. The Morgan fingerprint density at radius 3 is 2.39 bits per heavy atom. The van der Waals surface area contributed by atoms with Gasteiger partial charge in [0.2, 0.25) is 11.8 Å². The molecule has 7 nitrogen and oxygen atoms in total. The number of hydrogen-bond donors (Lipinski definition) is 0. The van der Waals surface area contributed by atoms with Crippen LogP contribution in [0.2, 0.25) is 5.02 Å². The highest BCUT2D eigenvalue weighted by Crippen LogP contribution is 2.20. The number of carbonyl (C=O) groups excluding carboxylic acids is 2. The molecule has 0 spiro atoms. The van der Waals surface area contributed by atoms with Gasteiger partial charge in [-0.1, -0.05) is 29.8 Å². The summed E-state index contributed by atoms with van der Waals surface area (Å²) < 4.78 is 1.92.